The van der Waals surface area contributed by atoms with Crippen LogP contribution in [0.1, 0.15) is 17.5 Å². The van der Waals surface area contributed by atoms with Gasteiger partial charge in [0.15, 0.2) is 23.9 Å². The molecule has 196 valence electrons. The molecule has 2 saturated heterocycles. The molecular formula is C25H32N2O8S. The Morgan fingerprint density at radius 3 is 2.83 bits per heavy atom. The molecule has 0 saturated carbocycles. The van der Waals surface area contributed by atoms with Crippen molar-refractivity contribution in [3.63, 3.8) is 0 Å². The number of ether oxygens (including phenoxy) is 3. The number of carbonyl (C=O) groups excluding carboxylic acids is 1. The number of aliphatic hydroxyl groups excluding tert-OH is 3. The minimum atomic E-state index is -1.64. The number of aromatic hydroxyl groups is 1. The molecule has 5 aliphatic rings. The van der Waals surface area contributed by atoms with Crippen LogP contribution in [0.15, 0.2) is 24.3 Å². The van der Waals surface area contributed by atoms with E-state index in [0.29, 0.717) is 11.5 Å². The van der Waals surface area contributed by atoms with Crippen LogP contribution >= 0.6 is 12.6 Å². The van der Waals surface area contributed by atoms with Gasteiger partial charge in [-0.25, -0.2) is 0 Å². The Morgan fingerprint density at radius 2 is 2.06 bits per heavy atom. The molecule has 1 aromatic carbocycles. The summed E-state index contributed by atoms with van der Waals surface area (Å²) in [6.45, 7) is 1.11. The van der Waals surface area contributed by atoms with Crippen molar-refractivity contribution >= 4 is 18.5 Å². The number of nitrogens with zero attached hydrogens (tertiary/aromatic N) is 1. The predicted molar refractivity (Wildman–Crippen MR) is 130 cm³/mol. The van der Waals surface area contributed by atoms with Gasteiger partial charge >= 0.3 is 0 Å². The number of hydrogen-bond acceptors (Lipinski definition) is 10. The molecule has 36 heavy (non-hydrogen) atoms. The number of aliphatic hydroxyl groups is 3. The molecule has 2 aliphatic carbocycles. The lowest BCUT2D eigenvalue weighted by molar-refractivity contribution is -0.304. The van der Waals surface area contributed by atoms with Crippen molar-refractivity contribution in [3.05, 3.63) is 35.4 Å². The van der Waals surface area contributed by atoms with Crippen molar-refractivity contribution < 1.29 is 39.4 Å². The number of phenols is 1. The predicted octanol–water partition coefficient (Wildman–Crippen LogP) is -0.924. The van der Waals surface area contributed by atoms with Crippen molar-refractivity contribution in [2.24, 2.45) is 5.92 Å². The first-order valence-corrected chi connectivity index (χ1v) is 13.1. The molecule has 3 heterocycles. The van der Waals surface area contributed by atoms with E-state index >= 15 is 0 Å². The van der Waals surface area contributed by atoms with E-state index in [1.165, 1.54) is 0 Å². The third-order valence-corrected chi connectivity index (χ3v) is 8.88. The third kappa shape index (κ3) is 3.37. The number of likely N-dealkylation sites (N-methyl/N-ethyl adjacent to an activating group) is 1. The van der Waals surface area contributed by atoms with Crippen LogP contribution in [0.4, 0.5) is 0 Å². The molecule has 11 heteroatoms. The maximum atomic E-state index is 12.5. The molecule has 10 atom stereocenters. The van der Waals surface area contributed by atoms with E-state index in [4.69, 9.17) is 14.2 Å². The van der Waals surface area contributed by atoms with Crippen molar-refractivity contribution in [1.29, 1.82) is 0 Å². The number of rotatable bonds is 5. The minimum Gasteiger partial charge on any atom is -0.504 e. The summed E-state index contributed by atoms with van der Waals surface area (Å²) >= 11 is 4.06. The molecule has 6 rings (SSSR count). The summed E-state index contributed by atoms with van der Waals surface area (Å²) in [5.41, 5.74) is 1.77. The summed E-state index contributed by atoms with van der Waals surface area (Å²) in [5, 5.41) is 44.8. The molecule has 5 N–H and O–H groups in total. The van der Waals surface area contributed by atoms with E-state index in [2.05, 4.69) is 36.0 Å². The lowest BCUT2D eigenvalue weighted by Gasteiger charge is -2.57. The Hall–Kier alpha value is -1.86. The van der Waals surface area contributed by atoms with E-state index in [-0.39, 0.29) is 24.3 Å². The van der Waals surface area contributed by atoms with Crippen molar-refractivity contribution in [1.82, 2.24) is 10.2 Å². The lowest BCUT2D eigenvalue weighted by Crippen LogP contribution is -2.66. The van der Waals surface area contributed by atoms with Gasteiger partial charge in [0.1, 0.15) is 30.5 Å². The standard InChI is InChI=1S/C25H32N2O8S/c1-27-8-6-25-12-3-5-15(22(25)34-20-14(28)4-2-11(16(20)25)10-13(12)27)33-24-19(31)17(29)18(30)21(35-24)23(32)26-7-9-36/h2-5,12-13,15,17-19,21-22,24,28-31,36H,6-10H2,1H3,(H,26,32)/t12?,13-,15+,17-,18+,19?,21?,22+,24-,25+/m1/s1. The first kappa shape index (κ1) is 24.5. The van der Waals surface area contributed by atoms with E-state index in [0.717, 1.165) is 30.5 Å². The second-order valence-electron chi connectivity index (χ2n) is 10.5. The highest BCUT2D eigenvalue weighted by Crippen LogP contribution is 2.62. The first-order chi connectivity index (χ1) is 17.3. The Balaban J connectivity index is 1.32. The fraction of sp³-hybridized carbons (Fsp3) is 0.640. The monoisotopic (exact) mass is 520 g/mol. The second-order valence-corrected chi connectivity index (χ2v) is 10.9. The molecule has 10 nitrogen and oxygen atoms in total. The van der Waals surface area contributed by atoms with Gasteiger partial charge in [0.25, 0.3) is 5.91 Å². The van der Waals surface area contributed by atoms with Gasteiger partial charge in [-0.3, -0.25) is 4.79 Å². The Labute approximate surface area is 214 Å². The number of benzene rings is 1. The molecular weight excluding hydrogens is 488 g/mol. The van der Waals surface area contributed by atoms with Crippen LogP contribution in [-0.4, -0.2) is 106 Å². The van der Waals surface area contributed by atoms with Gasteiger partial charge in [0.2, 0.25) is 0 Å². The van der Waals surface area contributed by atoms with Gasteiger partial charge in [0.05, 0.1) is 0 Å². The summed E-state index contributed by atoms with van der Waals surface area (Å²) in [7, 11) is 2.13. The van der Waals surface area contributed by atoms with Crippen molar-refractivity contribution in [2.45, 2.75) is 67.2 Å². The number of nitrogens with one attached hydrogen (secondary N) is 1. The highest BCUT2D eigenvalue weighted by Gasteiger charge is 2.65. The van der Waals surface area contributed by atoms with Crippen LogP contribution < -0.4 is 10.1 Å². The SMILES string of the molecule is CN1CC[C@]23c4c5ccc(O)c4O[C@H]2[C@@H](O[C@@H]2OC(C(=O)NCCS)[C@@H](O)[C@@H](O)C2O)C=CC3[C@H]1C5. The van der Waals surface area contributed by atoms with Crippen LogP contribution in [0.5, 0.6) is 11.5 Å². The lowest BCUT2D eigenvalue weighted by atomic mass is 9.53. The zero-order valence-electron chi connectivity index (χ0n) is 19.9. The zero-order chi connectivity index (χ0) is 25.4. The number of carbonyl (C=O) groups is 1. The van der Waals surface area contributed by atoms with Gasteiger partial charge in [-0.1, -0.05) is 18.2 Å². The molecule has 1 aromatic rings. The summed E-state index contributed by atoms with van der Waals surface area (Å²) < 4.78 is 18.4. The number of hydrogen-bond donors (Lipinski definition) is 6. The molecule has 2 bridgehead atoms. The van der Waals surface area contributed by atoms with E-state index in [1.54, 1.807) is 6.07 Å². The number of phenolic OH excluding ortho intramolecular Hbond substituents is 1. The number of likely N-dealkylation sites (tertiary alicyclic amines) is 1. The van der Waals surface area contributed by atoms with Crippen LogP contribution in [0, 0.1) is 5.92 Å². The highest BCUT2D eigenvalue weighted by atomic mass is 32.1. The Morgan fingerprint density at radius 1 is 1.25 bits per heavy atom. The Bertz CT molecular complexity index is 1090. The fourth-order valence-electron chi connectivity index (χ4n) is 6.95. The Kier molecular flexibility index (Phi) is 6.03. The van der Waals surface area contributed by atoms with Crippen LogP contribution in [-0.2, 0) is 26.1 Å². The van der Waals surface area contributed by atoms with Crippen LogP contribution in [0.25, 0.3) is 0 Å². The quantitative estimate of drug-likeness (QED) is 0.215. The van der Waals surface area contributed by atoms with Gasteiger partial charge in [-0.15, -0.1) is 0 Å². The van der Waals surface area contributed by atoms with Gasteiger partial charge < -0.3 is 44.9 Å². The summed E-state index contributed by atoms with van der Waals surface area (Å²) in [6, 6.07) is 3.91. The third-order valence-electron chi connectivity index (χ3n) is 8.66. The van der Waals surface area contributed by atoms with Gasteiger partial charge in [-0.05, 0) is 38.1 Å². The topological polar surface area (TPSA) is 141 Å². The van der Waals surface area contributed by atoms with Gasteiger partial charge in [0, 0.05) is 35.2 Å². The zero-order valence-corrected chi connectivity index (χ0v) is 20.8. The number of piperidine rings is 1. The minimum absolute atomic E-state index is 0.0841. The van der Waals surface area contributed by atoms with Crippen molar-refractivity contribution in [2.75, 3.05) is 25.9 Å². The molecule has 3 aliphatic heterocycles. The summed E-state index contributed by atoms with van der Waals surface area (Å²) in [5.74, 6) is 0.480. The maximum absolute atomic E-state index is 12.5. The number of amides is 1. The summed E-state index contributed by atoms with van der Waals surface area (Å²) in [6.07, 6.45) is -3.17. The fourth-order valence-corrected chi connectivity index (χ4v) is 7.06. The normalized spacial score (nSPS) is 42.5. The maximum Gasteiger partial charge on any atom is 0.252 e. The molecule has 0 aromatic heterocycles. The highest BCUT2D eigenvalue weighted by molar-refractivity contribution is 7.80. The molecule has 1 amide bonds. The first-order valence-electron chi connectivity index (χ1n) is 12.4. The van der Waals surface area contributed by atoms with Gasteiger partial charge in [-0.2, -0.15) is 12.6 Å². The van der Waals surface area contributed by atoms with Crippen molar-refractivity contribution in [3.8, 4) is 11.5 Å². The second kappa shape index (κ2) is 8.87. The molecule has 3 unspecified atom stereocenters. The van der Waals surface area contributed by atoms with E-state index < -0.39 is 54.2 Å². The van der Waals surface area contributed by atoms with E-state index in [1.807, 2.05) is 12.1 Å². The molecule has 2 fully saturated rings. The summed E-state index contributed by atoms with van der Waals surface area (Å²) in [4.78, 5) is 14.9. The van der Waals surface area contributed by atoms with Crippen LogP contribution in [0.3, 0.4) is 0 Å². The van der Waals surface area contributed by atoms with E-state index in [9.17, 15) is 25.2 Å². The molecule has 1 spiro atoms. The smallest absolute Gasteiger partial charge is 0.252 e. The largest absolute Gasteiger partial charge is 0.504 e. The number of thiol groups is 1. The average molecular weight is 521 g/mol. The average Bonchev–Trinajstić information content (AvgIpc) is 3.23. The van der Waals surface area contributed by atoms with Crippen LogP contribution in [0.2, 0.25) is 0 Å². The molecule has 0 radical (unpaired) electrons.